The molecule has 4 aromatic rings. The summed E-state index contributed by atoms with van der Waals surface area (Å²) in [5.74, 6) is -0.422. The summed E-state index contributed by atoms with van der Waals surface area (Å²) in [5.41, 5.74) is 1.91. The lowest BCUT2D eigenvalue weighted by Crippen LogP contribution is -2.38. The van der Waals surface area contributed by atoms with E-state index >= 15 is 0 Å². The predicted octanol–water partition coefficient (Wildman–Crippen LogP) is 4.19. The highest BCUT2D eigenvalue weighted by Gasteiger charge is 2.28. The highest BCUT2D eigenvalue weighted by molar-refractivity contribution is 7.89. The van der Waals surface area contributed by atoms with E-state index in [0.29, 0.717) is 16.9 Å². The Kier molecular flexibility index (Phi) is 5.99. The average Bonchev–Trinajstić information content (AvgIpc) is 3.14. The molecule has 2 aromatic carbocycles. The molecule has 0 saturated carbocycles. The maximum Gasteiger partial charge on any atom is 0.244 e. The molecule has 7 nitrogen and oxygen atoms in total. The van der Waals surface area contributed by atoms with Gasteiger partial charge in [0.1, 0.15) is 0 Å². The van der Waals surface area contributed by atoms with E-state index in [4.69, 9.17) is 0 Å². The third-order valence-corrected chi connectivity index (χ3v) is 7.68. The minimum absolute atomic E-state index is 0.170. The monoisotopic (exact) mass is 454 g/mol. The molecule has 0 fully saturated rings. The topological polar surface area (TPSA) is 92.3 Å². The Labute approximate surface area is 184 Å². The van der Waals surface area contributed by atoms with Crippen molar-refractivity contribution in [2.45, 2.75) is 25.2 Å². The van der Waals surface area contributed by atoms with Crippen molar-refractivity contribution in [3.63, 3.8) is 0 Å². The van der Waals surface area contributed by atoms with Crippen LogP contribution >= 0.6 is 11.3 Å². The van der Waals surface area contributed by atoms with E-state index in [-0.39, 0.29) is 18.0 Å². The Hall–Kier alpha value is -2.88. The van der Waals surface area contributed by atoms with Gasteiger partial charge in [-0.3, -0.25) is 9.78 Å². The number of amides is 1. The Morgan fingerprint density at radius 3 is 2.84 bits per heavy atom. The van der Waals surface area contributed by atoms with E-state index in [0.717, 1.165) is 21.2 Å². The molecule has 0 aliphatic rings. The van der Waals surface area contributed by atoms with Crippen LogP contribution in [0.25, 0.3) is 21.0 Å². The third-order valence-electron chi connectivity index (χ3n) is 4.84. The Morgan fingerprint density at radius 1 is 1.19 bits per heavy atom. The molecule has 0 spiro atoms. The summed E-state index contributed by atoms with van der Waals surface area (Å²) in [4.78, 5) is 21.4. The quantitative estimate of drug-likeness (QED) is 0.452. The molecule has 0 aliphatic carbocycles. The van der Waals surface area contributed by atoms with E-state index < -0.39 is 15.9 Å². The van der Waals surface area contributed by atoms with Gasteiger partial charge in [-0.2, -0.15) is 4.31 Å². The van der Waals surface area contributed by atoms with Crippen LogP contribution in [-0.2, 0) is 14.8 Å². The van der Waals surface area contributed by atoms with Crippen molar-refractivity contribution >= 4 is 53.4 Å². The number of carbonyl (C=O) groups is 1. The molecule has 1 amide bonds. The summed E-state index contributed by atoms with van der Waals surface area (Å²) >= 11 is 1.37. The van der Waals surface area contributed by atoms with Crippen LogP contribution in [0, 0.1) is 6.92 Å². The van der Waals surface area contributed by atoms with Crippen LogP contribution in [-0.4, -0.2) is 41.7 Å². The second kappa shape index (κ2) is 8.70. The molecule has 0 saturated heterocycles. The van der Waals surface area contributed by atoms with Gasteiger partial charge < -0.3 is 5.32 Å². The third kappa shape index (κ3) is 4.43. The zero-order valence-electron chi connectivity index (χ0n) is 17.2. The smallest absolute Gasteiger partial charge is 0.244 e. The lowest BCUT2D eigenvalue weighted by atomic mass is 10.2. The number of carbonyl (C=O) groups excluding carboxylic acids is 1. The zero-order chi connectivity index (χ0) is 22.0. The number of fused-ring (bicyclic) bond motifs is 2. The molecule has 4 rings (SSSR count). The molecular weight excluding hydrogens is 432 g/mol. The van der Waals surface area contributed by atoms with E-state index in [1.807, 2.05) is 38.1 Å². The largest absolute Gasteiger partial charge is 0.301 e. The number of anilines is 1. The maximum atomic E-state index is 13.4. The number of sulfonamides is 1. The van der Waals surface area contributed by atoms with Gasteiger partial charge in [-0.1, -0.05) is 36.5 Å². The van der Waals surface area contributed by atoms with Gasteiger partial charge in [0.15, 0.2) is 5.13 Å². The fourth-order valence-electron chi connectivity index (χ4n) is 3.39. The normalized spacial score (nSPS) is 12.0. The minimum atomic E-state index is -3.88. The van der Waals surface area contributed by atoms with Crippen molar-refractivity contribution in [1.82, 2.24) is 14.3 Å². The van der Waals surface area contributed by atoms with Crippen molar-refractivity contribution in [3.05, 3.63) is 60.4 Å². The maximum absolute atomic E-state index is 13.4. The highest BCUT2D eigenvalue weighted by Crippen LogP contribution is 2.28. The Bertz CT molecular complexity index is 1360. The first-order chi connectivity index (χ1) is 14.9. The van der Waals surface area contributed by atoms with Crippen LogP contribution in [0.15, 0.2) is 59.8 Å². The first-order valence-electron chi connectivity index (χ1n) is 9.88. The van der Waals surface area contributed by atoms with E-state index in [1.54, 1.807) is 30.6 Å². The number of aromatic nitrogens is 2. The summed E-state index contributed by atoms with van der Waals surface area (Å²) in [5, 5.41) is 4.52. The molecule has 31 heavy (non-hydrogen) atoms. The minimum Gasteiger partial charge on any atom is -0.301 e. The van der Waals surface area contributed by atoms with E-state index in [2.05, 4.69) is 15.3 Å². The number of pyridine rings is 1. The molecule has 160 valence electrons. The van der Waals surface area contributed by atoms with Gasteiger partial charge in [-0.05, 0) is 43.2 Å². The number of thiazole rings is 1. The number of nitrogens with one attached hydrogen (secondary N) is 1. The standard InChI is InChI=1S/C22H22N4O3S2/c1-3-11-26(31(28,29)20-6-4-5-16-13-23-10-9-17(16)20)14-21(27)25-22-24-18-8-7-15(2)12-19(18)30-22/h4-10,12-13H,3,11,14H2,1-2H3,(H,24,25,27). The van der Waals surface area contributed by atoms with Crippen LogP contribution in [0.2, 0.25) is 0 Å². The number of hydrogen-bond donors (Lipinski definition) is 1. The predicted molar refractivity (Wildman–Crippen MR) is 124 cm³/mol. The number of aryl methyl sites for hydroxylation is 1. The fourth-order valence-corrected chi connectivity index (χ4v) is 6.08. The van der Waals surface area contributed by atoms with E-state index in [9.17, 15) is 13.2 Å². The SMILES string of the molecule is CCCN(CC(=O)Nc1nc2ccc(C)cc2s1)S(=O)(=O)c1cccc2cnccc12. The number of nitrogens with zero attached hydrogens (tertiary/aromatic N) is 3. The van der Waals surface area contributed by atoms with Crippen LogP contribution in [0.3, 0.4) is 0 Å². The Balaban J connectivity index is 1.59. The summed E-state index contributed by atoms with van der Waals surface area (Å²) in [6, 6.07) is 12.6. The van der Waals surface area contributed by atoms with Crippen molar-refractivity contribution < 1.29 is 13.2 Å². The zero-order valence-corrected chi connectivity index (χ0v) is 18.8. The molecule has 0 unspecified atom stereocenters. The molecule has 9 heteroatoms. The van der Waals surface area contributed by atoms with Crippen molar-refractivity contribution in [1.29, 1.82) is 0 Å². The van der Waals surface area contributed by atoms with Gasteiger partial charge in [0, 0.05) is 29.7 Å². The molecule has 1 N–H and O–H groups in total. The van der Waals surface area contributed by atoms with Crippen LogP contribution in [0.5, 0.6) is 0 Å². The summed E-state index contributed by atoms with van der Waals surface area (Å²) in [6.45, 7) is 3.82. The molecular formula is C22H22N4O3S2. The average molecular weight is 455 g/mol. The van der Waals surface area contributed by atoms with Crippen molar-refractivity contribution in [2.75, 3.05) is 18.4 Å². The molecule has 0 radical (unpaired) electrons. The number of hydrogen-bond acceptors (Lipinski definition) is 6. The number of rotatable bonds is 7. The molecule has 0 bridgehead atoms. The van der Waals surface area contributed by atoms with Crippen LogP contribution in [0.1, 0.15) is 18.9 Å². The first-order valence-corrected chi connectivity index (χ1v) is 12.1. The van der Waals surface area contributed by atoms with Gasteiger partial charge in [0.25, 0.3) is 0 Å². The van der Waals surface area contributed by atoms with Crippen molar-refractivity contribution in [2.24, 2.45) is 0 Å². The lowest BCUT2D eigenvalue weighted by molar-refractivity contribution is -0.116. The number of benzene rings is 2. The van der Waals surface area contributed by atoms with Crippen molar-refractivity contribution in [3.8, 4) is 0 Å². The summed E-state index contributed by atoms with van der Waals surface area (Å²) < 4.78 is 29.0. The van der Waals surface area contributed by atoms with Gasteiger partial charge in [0.05, 0.1) is 21.7 Å². The van der Waals surface area contributed by atoms with Crippen LogP contribution < -0.4 is 5.32 Å². The van der Waals surface area contributed by atoms with E-state index in [1.165, 1.54) is 15.6 Å². The fraction of sp³-hybridized carbons (Fsp3) is 0.227. The summed E-state index contributed by atoms with van der Waals surface area (Å²) in [7, 11) is -3.88. The van der Waals surface area contributed by atoms with Gasteiger partial charge in [0.2, 0.25) is 15.9 Å². The first kappa shape index (κ1) is 21.4. The molecule has 2 heterocycles. The van der Waals surface area contributed by atoms with Crippen LogP contribution in [0.4, 0.5) is 5.13 Å². The molecule has 2 aromatic heterocycles. The second-order valence-corrected chi connectivity index (χ2v) is 10.2. The molecule has 0 atom stereocenters. The van der Waals surface area contributed by atoms with Gasteiger partial charge in [-0.15, -0.1) is 0 Å². The van der Waals surface area contributed by atoms with Gasteiger partial charge >= 0.3 is 0 Å². The molecule has 0 aliphatic heterocycles. The Morgan fingerprint density at radius 2 is 2.03 bits per heavy atom. The van der Waals surface area contributed by atoms with Gasteiger partial charge in [-0.25, -0.2) is 13.4 Å². The second-order valence-electron chi connectivity index (χ2n) is 7.23. The lowest BCUT2D eigenvalue weighted by Gasteiger charge is -2.21. The summed E-state index contributed by atoms with van der Waals surface area (Å²) in [6.07, 6.45) is 3.77. The highest BCUT2D eigenvalue weighted by atomic mass is 32.2.